The highest BCUT2D eigenvalue weighted by Crippen LogP contribution is 2.09. The summed E-state index contributed by atoms with van der Waals surface area (Å²) in [5.41, 5.74) is 0. The van der Waals surface area contributed by atoms with Crippen molar-refractivity contribution in [2.75, 3.05) is 37.3 Å². The lowest BCUT2D eigenvalue weighted by Gasteiger charge is -2.20. The van der Waals surface area contributed by atoms with Gasteiger partial charge in [-0.25, -0.2) is 0 Å². The standard InChI is InChI=1S/C12H23ClN6/c1-5-6-14-11-16-10(13)17-12(18-11)15-7-8-19(4)9(2)3/h9H,5-8H2,1-4H3,(H2,14,15,16,17,18). The summed E-state index contributed by atoms with van der Waals surface area (Å²) >= 11 is 5.87. The number of hydrogen-bond donors (Lipinski definition) is 2. The first kappa shape index (κ1) is 15.9. The van der Waals surface area contributed by atoms with E-state index >= 15 is 0 Å². The SMILES string of the molecule is CCCNc1nc(Cl)nc(NCCN(C)C(C)C)n1. The first-order valence-electron chi connectivity index (χ1n) is 6.62. The van der Waals surface area contributed by atoms with Gasteiger partial charge in [0.25, 0.3) is 0 Å². The van der Waals surface area contributed by atoms with Gasteiger partial charge in [-0.2, -0.15) is 15.0 Å². The summed E-state index contributed by atoms with van der Waals surface area (Å²) in [6.45, 7) is 8.90. The lowest BCUT2D eigenvalue weighted by atomic mass is 10.3. The Morgan fingerprint density at radius 3 is 2.21 bits per heavy atom. The summed E-state index contributed by atoms with van der Waals surface area (Å²) in [5.74, 6) is 1.03. The van der Waals surface area contributed by atoms with Gasteiger partial charge in [0.05, 0.1) is 0 Å². The zero-order valence-electron chi connectivity index (χ0n) is 12.1. The number of hydrogen-bond acceptors (Lipinski definition) is 6. The summed E-state index contributed by atoms with van der Waals surface area (Å²) in [5, 5.41) is 6.46. The van der Waals surface area contributed by atoms with E-state index in [1.807, 2.05) is 0 Å². The van der Waals surface area contributed by atoms with Crippen LogP contribution in [-0.4, -0.2) is 52.6 Å². The molecule has 0 atom stereocenters. The third-order valence-electron chi connectivity index (χ3n) is 2.77. The van der Waals surface area contributed by atoms with Gasteiger partial charge in [0, 0.05) is 25.7 Å². The molecule has 0 aliphatic carbocycles. The molecule has 0 radical (unpaired) electrons. The van der Waals surface area contributed by atoms with Crippen LogP contribution in [0.2, 0.25) is 5.28 Å². The molecular formula is C12H23ClN6. The zero-order valence-corrected chi connectivity index (χ0v) is 12.8. The van der Waals surface area contributed by atoms with Gasteiger partial charge < -0.3 is 15.5 Å². The van der Waals surface area contributed by atoms with Crippen molar-refractivity contribution >= 4 is 23.5 Å². The number of halogens is 1. The molecule has 0 aromatic carbocycles. The number of likely N-dealkylation sites (N-methyl/N-ethyl adjacent to an activating group) is 1. The molecule has 2 N–H and O–H groups in total. The fourth-order valence-corrected chi connectivity index (χ4v) is 1.51. The van der Waals surface area contributed by atoms with Crippen molar-refractivity contribution in [1.29, 1.82) is 0 Å². The molecule has 0 fully saturated rings. The Hall–Kier alpha value is -1.14. The van der Waals surface area contributed by atoms with E-state index in [2.05, 4.69) is 58.3 Å². The van der Waals surface area contributed by atoms with Crippen molar-refractivity contribution in [3.05, 3.63) is 5.28 Å². The van der Waals surface area contributed by atoms with E-state index < -0.39 is 0 Å². The van der Waals surface area contributed by atoms with Crippen LogP contribution in [-0.2, 0) is 0 Å². The fraction of sp³-hybridized carbons (Fsp3) is 0.750. The lowest BCUT2D eigenvalue weighted by Crippen LogP contribution is -2.31. The molecule has 0 unspecified atom stereocenters. The Balaban J connectivity index is 2.51. The van der Waals surface area contributed by atoms with Crippen LogP contribution in [0.4, 0.5) is 11.9 Å². The topological polar surface area (TPSA) is 66.0 Å². The molecule has 1 aromatic rings. The average Bonchev–Trinajstić information content (AvgIpc) is 2.35. The smallest absolute Gasteiger partial charge is 0.228 e. The second-order valence-corrected chi connectivity index (χ2v) is 5.02. The highest BCUT2D eigenvalue weighted by molar-refractivity contribution is 6.28. The van der Waals surface area contributed by atoms with Gasteiger partial charge in [-0.15, -0.1) is 0 Å². The van der Waals surface area contributed by atoms with E-state index in [9.17, 15) is 0 Å². The van der Waals surface area contributed by atoms with Crippen molar-refractivity contribution in [2.45, 2.75) is 33.2 Å². The van der Waals surface area contributed by atoms with E-state index in [-0.39, 0.29) is 5.28 Å². The monoisotopic (exact) mass is 286 g/mol. The first-order valence-corrected chi connectivity index (χ1v) is 7.00. The second kappa shape index (κ2) is 8.12. The van der Waals surface area contributed by atoms with Crippen LogP contribution in [0.5, 0.6) is 0 Å². The van der Waals surface area contributed by atoms with Crippen molar-refractivity contribution in [3.8, 4) is 0 Å². The normalized spacial score (nSPS) is 11.1. The maximum absolute atomic E-state index is 5.87. The molecule has 0 aliphatic rings. The lowest BCUT2D eigenvalue weighted by molar-refractivity contribution is 0.284. The predicted octanol–water partition coefficient (Wildman–Crippen LogP) is 2.10. The quantitative estimate of drug-likeness (QED) is 0.763. The van der Waals surface area contributed by atoms with Gasteiger partial charge in [-0.3, -0.25) is 0 Å². The molecule has 19 heavy (non-hydrogen) atoms. The summed E-state index contributed by atoms with van der Waals surface area (Å²) < 4.78 is 0. The van der Waals surface area contributed by atoms with Crippen LogP contribution in [0.3, 0.4) is 0 Å². The van der Waals surface area contributed by atoms with Crippen LogP contribution >= 0.6 is 11.6 Å². The molecule has 6 nitrogen and oxygen atoms in total. The minimum absolute atomic E-state index is 0.202. The number of nitrogens with zero attached hydrogens (tertiary/aromatic N) is 4. The molecule has 1 heterocycles. The van der Waals surface area contributed by atoms with E-state index in [4.69, 9.17) is 11.6 Å². The van der Waals surface area contributed by atoms with E-state index in [0.29, 0.717) is 17.9 Å². The van der Waals surface area contributed by atoms with E-state index in [1.54, 1.807) is 0 Å². The number of aromatic nitrogens is 3. The molecule has 108 valence electrons. The van der Waals surface area contributed by atoms with Crippen molar-refractivity contribution < 1.29 is 0 Å². The Labute approximate surface area is 120 Å². The minimum atomic E-state index is 0.202. The van der Waals surface area contributed by atoms with E-state index in [1.165, 1.54) is 0 Å². The Kier molecular flexibility index (Phi) is 6.80. The number of anilines is 2. The summed E-state index contributed by atoms with van der Waals surface area (Å²) in [7, 11) is 2.08. The predicted molar refractivity (Wildman–Crippen MR) is 79.9 cm³/mol. The Morgan fingerprint density at radius 2 is 1.68 bits per heavy atom. The zero-order chi connectivity index (χ0) is 14.3. The molecule has 1 rings (SSSR count). The third-order valence-corrected chi connectivity index (χ3v) is 2.94. The number of rotatable bonds is 8. The van der Waals surface area contributed by atoms with Crippen LogP contribution in [0.25, 0.3) is 0 Å². The molecular weight excluding hydrogens is 264 g/mol. The number of nitrogens with one attached hydrogen (secondary N) is 2. The second-order valence-electron chi connectivity index (χ2n) is 4.68. The minimum Gasteiger partial charge on any atom is -0.354 e. The van der Waals surface area contributed by atoms with E-state index in [0.717, 1.165) is 26.1 Å². The van der Waals surface area contributed by atoms with Crippen molar-refractivity contribution in [3.63, 3.8) is 0 Å². The van der Waals surface area contributed by atoms with Crippen molar-refractivity contribution in [1.82, 2.24) is 19.9 Å². The summed E-state index contributed by atoms with van der Waals surface area (Å²) in [6, 6.07) is 0.519. The van der Waals surface area contributed by atoms with Crippen LogP contribution < -0.4 is 10.6 Å². The Morgan fingerprint density at radius 1 is 1.11 bits per heavy atom. The molecule has 0 spiro atoms. The molecule has 1 aromatic heterocycles. The van der Waals surface area contributed by atoms with Crippen LogP contribution in [0.1, 0.15) is 27.2 Å². The van der Waals surface area contributed by atoms with Gasteiger partial charge in [0.2, 0.25) is 17.2 Å². The molecule has 0 aliphatic heterocycles. The van der Waals surface area contributed by atoms with Gasteiger partial charge >= 0.3 is 0 Å². The van der Waals surface area contributed by atoms with Crippen LogP contribution in [0.15, 0.2) is 0 Å². The largest absolute Gasteiger partial charge is 0.354 e. The fourth-order valence-electron chi connectivity index (χ4n) is 1.35. The van der Waals surface area contributed by atoms with Gasteiger partial charge in [0.1, 0.15) is 0 Å². The first-order chi connectivity index (χ1) is 9.02. The van der Waals surface area contributed by atoms with Gasteiger partial charge in [-0.1, -0.05) is 6.92 Å². The average molecular weight is 287 g/mol. The molecule has 0 amide bonds. The summed E-state index contributed by atoms with van der Waals surface area (Å²) in [4.78, 5) is 14.6. The summed E-state index contributed by atoms with van der Waals surface area (Å²) in [6.07, 6.45) is 1.01. The maximum atomic E-state index is 5.87. The Bertz CT molecular complexity index is 384. The molecule has 7 heteroatoms. The maximum Gasteiger partial charge on any atom is 0.228 e. The molecule has 0 saturated carbocycles. The third kappa shape index (κ3) is 6.02. The highest BCUT2D eigenvalue weighted by Gasteiger charge is 2.06. The van der Waals surface area contributed by atoms with Crippen molar-refractivity contribution in [2.24, 2.45) is 0 Å². The van der Waals surface area contributed by atoms with Crippen LogP contribution in [0, 0.1) is 0 Å². The van der Waals surface area contributed by atoms with Gasteiger partial charge in [0.15, 0.2) is 0 Å². The van der Waals surface area contributed by atoms with Gasteiger partial charge in [-0.05, 0) is 38.9 Å². The molecule has 0 bridgehead atoms. The molecule has 0 saturated heterocycles. The highest BCUT2D eigenvalue weighted by atomic mass is 35.5.